The van der Waals surface area contributed by atoms with E-state index < -0.39 is 30.1 Å². The van der Waals surface area contributed by atoms with Gasteiger partial charge in [0, 0.05) is 10.8 Å². The van der Waals surface area contributed by atoms with Crippen LogP contribution >= 0.6 is 0 Å². The number of alkyl halides is 3. The van der Waals surface area contributed by atoms with E-state index in [2.05, 4.69) is 0 Å². The van der Waals surface area contributed by atoms with Gasteiger partial charge in [0.05, 0.1) is 11.2 Å². The van der Waals surface area contributed by atoms with E-state index in [1.54, 1.807) is 12.1 Å². The maximum atomic E-state index is 13.0. The van der Waals surface area contributed by atoms with Crippen molar-refractivity contribution in [3.05, 3.63) is 30.0 Å². The van der Waals surface area contributed by atoms with Crippen LogP contribution in [0.4, 0.5) is 13.2 Å². The molecule has 1 aliphatic heterocycles. The summed E-state index contributed by atoms with van der Waals surface area (Å²) in [7, 11) is -0.763. The topological polar surface area (TPSA) is 31.6 Å². The van der Waals surface area contributed by atoms with Crippen molar-refractivity contribution < 1.29 is 26.9 Å². The molecule has 1 saturated heterocycles. The van der Waals surface area contributed by atoms with Crippen molar-refractivity contribution in [2.75, 3.05) is 0 Å². The second-order valence-electron chi connectivity index (χ2n) is 6.46. The van der Waals surface area contributed by atoms with Gasteiger partial charge in [0.1, 0.15) is 17.4 Å². The summed E-state index contributed by atoms with van der Waals surface area (Å²) in [6.45, 7) is 7.54. The minimum absolute atomic E-state index is 0.0136. The van der Waals surface area contributed by atoms with E-state index >= 15 is 0 Å². The second kappa shape index (κ2) is 4.52. The Hall–Kier alpha value is -1.47. The second-order valence-corrected chi connectivity index (χ2v) is 6.46. The van der Waals surface area contributed by atoms with Crippen molar-refractivity contribution in [1.29, 1.82) is 0 Å². The van der Waals surface area contributed by atoms with Crippen molar-refractivity contribution >= 4 is 23.6 Å². The Morgan fingerprint density at radius 3 is 2.14 bits per heavy atom. The van der Waals surface area contributed by atoms with Gasteiger partial charge in [-0.2, -0.15) is 13.2 Å². The number of hydrogen-bond donors (Lipinski definition) is 0. The highest BCUT2D eigenvalue weighted by molar-refractivity contribution is 6.64. The quantitative estimate of drug-likeness (QED) is 0.752. The van der Waals surface area contributed by atoms with E-state index in [1.165, 1.54) is 6.07 Å². The molecule has 1 fully saturated rings. The molecule has 0 aliphatic carbocycles. The number of para-hydroxylation sites is 1. The minimum atomic E-state index is -4.46. The number of rotatable bonds is 1. The Morgan fingerprint density at radius 2 is 1.59 bits per heavy atom. The normalized spacial score (nSPS) is 20.8. The molecule has 22 heavy (non-hydrogen) atoms. The number of benzene rings is 1. The van der Waals surface area contributed by atoms with Gasteiger partial charge in [-0.25, -0.2) is 0 Å². The Bertz CT molecular complexity index is 702. The van der Waals surface area contributed by atoms with Gasteiger partial charge in [-0.1, -0.05) is 18.2 Å². The van der Waals surface area contributed by atoms with Crippen molar-refractivity contribution in [2.45, 2.75) is 45.1 Å². The lowest BCUT2D eigenvalue weighted by molar-refractivity contribution is -0.136. The summed E-state index contributed by atoms with van der Waals surface area (Å²) in [6.07, 6.45) is -3.72. The summed E-state index contributed by atoms with van der Waals surface area (Å²) in [5.41, 5.74) is -1.32. The summed E-state index contributed by atoms with van der Waals surface area (Å²) in [6, 6.07) is 4.60. The predicted molar refractivity (Wildman–Crippen MR) is 76.9 cm³/mol. The first-order valence-electron chi connectivity index (χ1n) is 6.96. The van der Waals surface area contributed by atoms with Crippen molar-refractivity contribution in [2.24, 2.45) is 0 Å². The monoisotopic (exact) mass is 312 g/mol. The molecule has 0 unspecified atom stereocenters. The Kier molecular flexibility index (Phi) is 3.17. The highest BCUT2D eigenvalue weighted by Gasteiger charge is 2.52. The van der Waals surface area contributed by atoms with Gasteiger partial charge < -0.3 is 13.7 Å². The molecule has 7 heteroatoms. The fourth-order valence-electron chi connectivity index (χ4n) is 2.45. The van der Waals surface area contributed by atoms with E-state index in [1.807, 2.05) is 27.7 Å². The highest BCUT2D eigenvalue weighted by Crippen LogP contribution is 2.39. The molecule has 0 amide bonds. The van der Waals surface area contributed by atoms with E-state index in [9.17, 15) is 13.2 Å². The third kappa shape index (κ3) is 2.23. The first-order valence-corrected chi connectivity index (χ1v) is 6.96. The Labute approximate surface area is 126 Å². The van der Waals surface area contributed by atoms with Gasteiger partial charge in [-0.15, -0.1) is 0 Å². The van der Waals surface area contributed by atoms with Gasteiger partial charge in [-0.3, -0.25) is 0 Å². The molecule has 0 bridgehead atoms. The molecule has 1 aromatic heterocycles. The highest BCUT2D eigenvalue weighted by atomic mass is 19.4. The smallest absolute Gasteiger partial charge is 0.464 e. The van der Waals surface area contributed by atoms with Crippen molar-refractivity contribution in [3.8, 4) is 0 Å². The summed E-state index contributed by atoms with van der Waals surface area (Å²) in [5.74, 6) is 0. The van der Waals surface area contributed by atoms with E-state index in [0.29, 0.717) is 5.46 Å². The third-order valence-electron chi connectivity index (χ3n) is 4.44. The summed E-state index contributed by atoms with van der Waals surface area (Å²) in [4.78, 5) is 0. The largest absolute Gasteiger partial charge is 0.498 e. The van der Waals surface area contributed by atoms with Crippen LogP contribution in [0.25, 0.3) is 11.0 Å². The number of furan rings is 1. The zero-order chi connectivity index (χ0) is 16.3. The van der Waals surface area contributed by atoms with Crippen LogP contribution in [-0.2, 0) is 15.5 Å². The van der Waals surface area contributed by atoms with Crippen LogP contribution in [0.1, 0.15) is 33.3 Å². The van der Waals surface area contributed by atoms with Crippen LogP contribution in [0.5, 0.6) is 0 Å². The average molecular weight is 312 g/mol. The summed E-state index contributed by atoms with van der Waals surface area (Å²) >= 11 is 0. The van der Waals surface area contributed by atoms with Gasteiger partial charge in [0.15, 0.2) is 0 Å². The molecule has 0 atom stereocenters. The SMILES string of the molecule is CC1(C)OB(c2cccc3c(C(F)(F)F)coc23)OC1(C)C. The molecule has 0 N–H and O–H groups in total. The molecule has 118 valence electrons. The molecule has 1 aromatic carbocycles. The van der Waals surface area contributed by atoms with E-state index in [0.717, 1.165) is 6.26 Å². The lowest BCUT2D eigenvalue weighted by Gasteiger charge is -2.32. The molecular weight excluding hydrogens is 296 g/mol. The first kappa shape index (κ1) is 15.4. The van der Waals surface area contributed by atoms with Crippen molar-refractivity contribution in [3.63, 3.8) is 0 Å². The lowest BCUT2D eigenvalue weighted by atomic mass is 9.78. The zero-order valence-electron chi connectivity index (χ0n) is 12.7. The number of halogens is 3. The maximum absolute atomic E-state index is 13.0. The van der Waals surface area contributed by atoms with Crippen LogP contribution in [0.2, 0.25) is 0 Å². The van der Waals surface area contributed by atoms with Crippen LogP contribution < -0.4 is 5.46 Å². The standard InChI is InChI=1S/C15H16BF3O3/c1-13(2)14(3,4)22-16(21-13)11-7-5-6-9-10(15(17,18)19)8-20-12(9)11/h5-8H,1-4H3. The van der Waals surface area contributed by atoms with Crippen molar-refractivity contribution in [1.82, 2.24) is 0 Å². The summed E-state index contributed by atoms with van der Waals surface area (Å²) in [5, 5.41) is 0.0136. The zero-order valence-corrected chi connectivity index (χ0v) is 12.7. The van der Waals surface area contributed by atoms with E-state index in [-0.39, 0.29) is 11.0 Å². The summed E-state index contributed by atoms with van der Waals surface area (Å²) < 4.78 is 55.9. The van der Waals surface area contributed by atoms with Crippen LogP contribution in [-0.4, -0.2) is 18.3 Å². The minimum Gasteiger partial charge on any atom is -0.464 e. The van der Waals surface area contributed by atoms with E-state index in [4.69, 9.17) is 13.7 Å². The fourth-order valence-corrected chi connectivity index (χ4v) is 2.45. The first-order chi connectivity index (χ1) is 10.0. The predicted octanol–water partition coefficient (Wildman–Crippen LogP) is 3.75. The third-order valence-corrected chi connectivity index (χ3v) is 4.44. The molecule has 2 aromatic rings. The maximum Gasteiger partial charge on any atom is 0.498 e. The molecule has 1 aliphatic rings. The lowest BCUT2D eigenvalue weighted by Crippen LogP contribution is -2.41. The number of fused-ring (bicyclic) bond motifs is 1. The molecule has 0 spiro atoms. The molecule has 3 nitrogen and oxygen atoms in total. The average Bonchev–Trinajstić information content (AvgIpc) is 2.87. The number of hydrogen-bond acceptors (Lipinski definition) is 3. The molecular formula is C15H16BF3O3. The molecule has 3 rings (SSSR count). The Morgan fingerprint density at radius 1 is 1.00 bits per heavy atom. The van der Waals surface area contributed by atoms with Gasteiger partial charge >= 0.3 is 13.3 Å². The fraction of sp³-hybridized carbons (Fsp3) is 0.467. The molecule has 2 heterocycles. The molecule has 0 radical (unpaired) electrons. The van der Waals surface area contributed by atoms with Gasteiger partial charge in [0.25, 0.3) is 0 Å². The van der Waals surface area contributed by atoms with Crippen LogP contribution in [0.3, 0.4) is 0 Å². The van der Waals surface area contributed by atoms with Gasteiger partial charge in [0.2, 0.25) is 0 Å². The van der Waals surface area contributed by atoms with Gasteiger partial charge in [-0.05, 0) is 27.7 Å². The molecule has 0 saturated carbocycles. The Balaban J connectivity index is 2.09. The van der Waals surface area contributed by atoms with Crippen LogP contribution in [0, 0.1) is 0 Å². The van der Waals surface area contributed by atoms with Crippen LogP contribution in [0.15, 0.2) is 28.9 Å².